The fourth-order valence-electron chi connectivity index (χ4n) is 2.09. The van der Waals surface area contributed by atoms with Gasteiger partial charge in [0.05, 0.1) is 6.04 Å². The minimum Gasteiger partial charge on any atom is -0.294 e. The lowest BCUT2D eigenvalue weighted by Crippen LogP contribution is -2.40. The van der Waals surface area contributed by atoms with Gasteiger partial charge in [-0.25, -0.2) is 0 Å². The second-order valence-electron chi connectivity index (χ2n) is 4.58. The maximum absolute atomic E-state index is 12.4. The van der Waals surface area contributed by atoms with Crippen LogP contribution in [0.15, 0.2) is 24.3 Å². The van der Waals surface area contributed by atoms with E-state index in [0.29, 0.717) is 5.02 Å². The van der Waals surface area contributed by atoms with Crippen molar-refractivity contribution in [1.82, 2.24) is 4.90 Å². The van der Waals surface area contributed by atoms with Gasteiger partial charge in [0.15, 0.2) is 5.78 Å². The van der Waals surface area contributed by atoms with E-state index in [4.69, 9.17) is 11.6 Å². The summed E-state index contributed by atoms with van der Waals surface area (Å²) >= 11 is 5.84. The van der Waals surface area contributed by atoms with Crippen LogP contribution in [0.3, 0.4) is 0 Å². The van der Waals surface area contributed by atoms with E-state index in [0.717, 1.165) is 31.5 Å². The van der Waals surface area contributed by atoms with E-state index in [2.05, 4.69) is 18.7 Å². The Morgan fingerprint density at radius 2 is 1.67 bits per heavy atom. The van der Waals surface area contributed by atoms with Gasteiger partial charge in [-0.2, -0.15) is 0 Å². The molecule has 1 unspecified atom stereocenters. The van der Waals surface area contributed by atoms with Gasteiger partial charge in [-0.15, -0.1) is 0 Å². The van der Waals surface area contributed by atoms with Crippen molar-refractivity contribution in [2.45, 2.75) is 39.7 Å². The first-order valence-corrected chi connectivity index (χ1v) is 7.01. The van der Waals surface area contributed by atoms with Crippen molar-refractivity contribution in [3.63, 3.8) is 0 Å². The van der Waals surface area contributed by atoms with Crippen LogP contribution in [0.4, 0.5) is 0 Å². The van der Waals surface area contributed by atoms with Crippen molar-refractivity contribution in [2.75, 3.05) is 13.1 Å². The van der Waals surface area contributed by atoms with Gasteiger partial charge in [0.25, 0.3) is 0 Å². The molecule has 0 aliphatic rings. The number of rotatable bonds is 7. The van der Waals surface area contributed by atoms with E-state index in [1.54, 1.807) is 24.3 Å². The number of nitrogens with zero attached hydrogens (tertiary/aromatic N) is 1. The number of carbonyl (C=O) groups excluding carboxylic acids is 1. The summed E-state index contributed by atoms with van der Waals surface area (Å²) in [7, 11) is 0. The van der Waals surface area contributed by atoms with Gasteiger partial charge < -0.3 is 0 Å². The monoisotopic (exact) mass is 267 g/mol. The zero-order chi connectivity index (χ0) is 13.5. The van der Waals surface area contributed by atoms with E-state index in [9.17, 15) is 4.79 Å². The zero-order valence-corrected chi connectivity index (χ0v) is 12.2. The molecule has 1 rings (SSSR count). The second kappa shape index (κ2) is 7.55. The molecule has 0 fully saturated rings. The molecule has 0 saturated carbocycles. The molecule has 1 atom stereocenters. The van der Waals surface area contributed by atoms with Crippen molar-refractivity contribution in [2.24, 2.45) is 0 Å². The minimum absolute atomic E-state index is 0.0638. The van der Waals surface area contributed by atoms with Crippen molar-refractivity contribution >= 4 is 17.4 Å². The summed E-state index contributed by atoms with van der Waals surface area (Å²) in [5, 5.41) is 0.665. The molecule has 0 aliphatic carbocycles. The van der Waals surface area contributed by atoms with E-state index < -0.39 is 0 Å². The Morgan fingerprint density at radius 3 is 2.11 bits per heavy atom. The summed E-state index contributed by atoms with van der Waals surface area (Å²) in [6.07, 6.45) is 2.14. The van der Waals surface area contributed by atoms with Crippen molar-refractivity contribution in [3.8, 4) is 0 Å². The normalized spacial score (nSPS) is 12.7. The third kappa shape index (κ3) is 4.11. The lowest BCUT2D eigenvalue weighted by atomic mass is 10.0. The number of ketones is 1. The molecule has 1 aromatic carbocycles. The Hall–Kier alpha value is -0.860. The lowest BCUT2D eigenvalue weighted by molar-refractivity contribution is 0.0838. The maximum atomic E-state index is 12.4. The van der Waals surface area contributed by atoms with Crippen molar-refractivity contribution in [3.05, 3.63) is 34.9 Å². The first kappa shape index (κ1) is 15.2. The summed E-state index contributed by atoms with van der Waals surface area (Å²) in [6, 6.07) is 7.08. The standard InChI is InChI=1S/C15H22ClNO/c1-4-10-17(11-5-2)12(3)15(18)13-6-8-14(16)9-7-13/h6-9,12H,4-5,10-11H2,1-3H3. The molecule has 0 saturated heterocycles. The van der Waals surface area contributed by atoms with Crippen LogP contribution in [0, 0.1) is 0 Å². The number of halogens is 1. The van der Waals surface area contributed by atoms with Gasteiger partial charge in [0.1, 0.15) is 0 Å². The summed E-state index contributed by atoms with van der Waals surface area (Å²) < 4.78 is 0. The lowest BCUT2D eigenvalue weighted by Gasteiger charge is -2.27. The number of Topliss-reactive ketones (excluding diaryl/α,β-unsaturated/α-hetero) is 1. The van der Waals surface area contributed by atoms with Crippen LogP contribution in [-0.2, 0) is 0 Å². The van der Waals surface area contributed by atoms with Crippen LogP contribution in [0.5, 0.6) is 0 Å². The molecule has 0 bridgehead atoms. The van der Waals surface area contributed by atoms with Crippen LogP contribution < -0.4 is 0 Å². The molecule has 18 heavy (non-hydrogen) atoms. The predicted octanol–water partition coefficient (Wildman–Crippen LogP) is 4.03. The first-order chi connectivity index (χ1) is 8.60. The van der Waals surface area contributed by atoms with Gasteiger partial charge in [-0.05, 0) is 57.1 Å². The molecular weight excluding hydrogens is 246 g/mol. The highest BCUT2D eigenvalue weighted by atomic mass is 35.5. The quantitative estimate of drug-likeness (QED) is 0.695. The summed E-state index contributed by atoms with van der Waals surface area (Å²) in [5.41, 5.74) is 0.740. The van der Waals surface area contributed by atoms with E-state index in [-0.39, 0.29) is 11.8 Å². The number of hydrogen-bond acceptors (Lipinski definition) is 2. The van der Waals surface area contributed by atoms with E-state index in [1.807, 2.05) is 6.92 Å². The fraction of sp³-hybridized carbons (Fsp3) is 0.533. The van der Waals surface area contributed by atoms with Crippen molar-refractivity contribution in [1.29, 1.82) is 0 Å². The Labute approximate surface area is 115 Å². The van der Waals surface area contributed by atoms with Gasteiger partial charge in [0, 0.05) is 10.6 Å². The molecule has 2 nitrogen and oxygen atoms in total. The predicted molar refractivity (Wildman–Crippen MR) is 77.4 cm³/mol. The summed E-state index contributed by atoms with van der Waals surface area (Å²) in [4.78, 5) is 14.6. The van der Waals surface area contributed by atoms with Crippen LogP contribution in [0.1, 0.15) is 44.0 Å². The molecule has 3 heteroatoms. The van der Waals surface area contributed by atoms with E-state index >= 15 is 0 Å². The molecule has 1 aromatic rings. The molecule has 0 aliphatic heterocycles. The van der Waals surface area contributed by atoms with E-state index in [1.165, 1.54) is 0 Å². The fourth-order valence-corrected chi connectivity index (χ4v) is 2.22. The minimum atomic E-state index is -0.0638. The topological polar surface area (TPSA) is 20.3 Å². The first-order valence-electron chi connectivity index (χ1n) is 6.64. The SMILES string of the molecule is CCCN(CCC)C(C)C(=O)c1ccc(Cl)cc1. The van der Waals surface area contributed by atoms with Gasteiger partial charge in [-0.3, -0.25) is 9.69 Å². The van der Waals surface area contributed by atoms with Gasteiger partial charge in [-0.1, -0.05) is 25.4 Å². The van der Waals surface area contributed by atoms with Crippen LogP contribution in [-0.4, -0.2) is 29.8 Å². The molecule has 0 radical (unpaired) electrons. The van der Waals surface area contributed by atoms with Crippen LogP contribution >= 0.6 is 11.6 Å². The number of benzene rings is 1. The molecule has 0 aromatic heterocycles. The second-order valence-corrected chi connectivity index (χ2v) is 5.02. The number of hydrogen-bond donors (Lipinski definition) is 0. The highest BCUT2D eigenvalue weighted by molar-refractivity contribution is 6.30. The molecular formula is C15H22ClNO. The van der Waals surface area contributed by atoms with Crippen molar-refractivity contribution < 1.29 is 4.79 Å². The third-order valence-electron chi connectivity index (χ3n) is 3.08. The Balaban J connectivity index is 2.77. The third-order valence-corrected chi connectivity index (χ3v) is 3.33. The van der Waals surface area contributed by atoms with Crippen LogP contribution in [0.2, 0.25) is 5.02 Å². The Bertz CT molecular complexity index is 369. The average Bonchev–Trinajstić information content (AvgIpc) is 2.38. The average molecular weight is 268 g/mol. The van der Waals surface area contributed by atoms with Crippen LogP contribution in [0.25, 0.3) is 0 Å². The molecule has 0 spiro atoms. The van der Waals surface area contributed by atoms with Gasteiger partial charge >= 0.3 is 0 Å². The highest BCUT2D eigenvalue weighted by Crippen LogP contribution is 2.14. The summed E-state index contributed by atoms with van der Waals surface area (Å²) in [6.45, 7) is 8.20. The molecule has 0 amide bonds. The molecule has 0 heterocycles. The smallest absolute Gasteiger partial charge is 0.179 e. The zero-order valence-electron chi connectivity index (χ0n) is 11.4. The van der Waals surface area contributed by atoms with Gasteiger partial charge in [0.2, 0.25) is 0 Å². The maximum Gasteiger partial charge on any atom is 0.179 e. The number of carbonyl (C=O) groups is 1. The molecule has 0 N–H and O–H groups in total. The highest BCUT2D eigenvalue weighted by Gasteiger charge is 2.21. The molecule has 100 valence electrons. The largest absolute Gasteiger partial charge is 0.294 e. The summed E-state index contributed by atoms with van der Waals surface area (Å²) in [5.74, 6) is 0.175. The Morgan fingerprint density at radius 1 is 1.17 bits per heavy atom. The Kier molecular flexibility index (Phi) is 6.37.